The van der Waals surface area contributed by atoms with E-state index in [4.69, 9.17) is 0 Å². The molecule has 0 fully saturated rings. The first-order chi connectivity index (χ1) is 8.58. The Morgan fingerprint density at radius 2 is 2.06 bits per heavy atom. The van der Waals surface area contributed by atoms with Crippen LogP contribution in [0.3, 0.4) is 0 Å². The minimum Gasteiger partial charge on any atom is -0.381 e. The monoisotopic (exact) mass is 239 g/mol. The summed E-state index contributed by atoms with van der Waals surface area (Å²) in [5, 5.41) is 3.43. The summed E-state index contributed by atoms with van der Waals surface area (Å²) in [6, 6.07) is 5.16. The van der Waals surface area contributed by atoms with E-state index in [0.717, 1.165) is 0 Å². The minimum absolute atomic E-state index is 0.330. The molecule has 1 aromatic carbocycles. The molecule has 1 heterocycles. The van der Waals surface area contributed by atoms with E-state index in [0.29, 0.717) is 11.5 Å². The van der Waals surface area contributed by atoms with Gasteiger partial charge in [-0.2, -0.15) is 0 Å². The molecule has 94 valence electrons. The van der Waals surface area contributed by atoms with Gasteiger partial charge in [-0.1, -0.05) is 38.1 Å². The van der Waals surface area contributed by atoms with Gasteiger partial charge in [-0.25, -0.2) is 0 Å². The van der Waals surface area contributed by atoms with Crippen LogP contribution < -0.4 is 5.32 Å². The van der Waals surface area contributed by atoms with Crippen molar-refractivity contribution in [1.29, 1.82) is 0 Å². The van der Waals surface area contributed by atoms with Gasteiger partial charge in [0.15, 0.2) is 0 Å². The van der Waals surface area contributed by atoms with Crippen molar-refractivity contribution < 1.29 is 0 Å². The topological polar surface area (TPSA) is 12.0 Å². The Bertz CT molecular complexity index is 535. The van der Waals surface area contributed by atoms with Gasteiger partial charge in [-0.15, -0.1) is 0 Å². The number of aryl methyl sites for hydroxylation is 2. The largest absolute Gasteiger partial charge is 0.381 e. The van der Waals surface area contributed by atoms with Gasteiger partial charge >= 0.3 is 0 Å². The molecule has 2 aliphatic rings. The molecule has 1 unspecified atom stereocenters. The first-order valence-corrected chi connectivity index (χ1v) is 6.81. The van der Waals surface area contributed by atoms with Crippen LogP contribution in [0.4, 0.5) is 0 Å². The van der Waals surface area contributed by atoms with Gasteiger partial charge in [0.2, 0.25) is 0 Å². The summed E-state index contributed by atoms with van der Waals surface area (Å²) in [5.41, 5.74) is 6.27. The van der Waals surface area contributed by atoms with Crippen LogP contribution in [0.15, 0.2) is 36.6 Å². The molecule has 1 atom stereocenters. The zero-order valence-electron chi connectivity index (χ0n) is 11.5. The number of allylic oxidation sites excluding steroid dienone is 2. The lowest BCUT2D eigenvalue weighted by molar-refractivity contribution is 0.521. The fourth-order valence-corrected chi connectivity index (χ4v) is 3.18. The van der Waals surface area contributed by atoms with Crippen LogP contribution in [-0.2, 0) is 11.8 Å². The summed E-state index contributed by atoms with van der Waals surface area (Å²) in [6.45, 7) is 6.96. The molecule has 0 spiro atoms. The summed E-state index contributed by atoms with van der Waals surface area (Å²) >= 11 is 0. The Kier molecular flexibility index (Phi) is 2.58. The van der Waals surface area contributed by atoms with Crippen molar-refractivity contribution >= 4 is 0 Å². The fraction of sp³-hybridized carbons (Fsp3) is 0.412. The molecule has 1 aliphatic heterocycles. The number of fused-ring (bicyclic) bond motifs is 1. The molecule has 18 heavy (non-hydrogen) atoms. The SMILES string of the molecule is Cc1cc2c(cc1C1C=CC=CN1)C(C)(C)CC2. The van der Waals surface area contributed by atoms with Crippen LogP contribution in [0.25, 0.3) is 0 Å². The second kappa shape index (κ2) is 4.01. The van der Waals surface area contributed by atoms with Crippen LogP contribution >= 0.6 is 0 Å². The van der Waals surface area contributed by atoms with Gasteiger partial charge < -0.3 is 5.32 Å². The molecule has 1 heteroatoms. The normalized spacial score (nSPS) is 23.8. The van der Waals surface area contributed by atoms with Gasteiger partial charge in [-0.05, 0) is 59.7 Å². The molecule has 3 rings (SSSR count). The standard InChI is InChI=1S/C17H21N/c1-12-10-13-7-8-17(2,3)15(13)11-14(12)16-6-4-5-9-18-16/h4-6,9-11,16,18H,7-8H2,1-3H3. The Balaban J connectivity index is 2.06. The molecule has 1 N–H and O–H groups in total. The molecule has 0 saturated heterocycles. The van der Waals surface area contributed by atoms with Gasteiger partial charge in [0.25, 0.3) is 0 Å². The predicted octanol–water partition coefficient (Wildman–Crippen LogP) is 3.93. The fourth-order valence-electron chi connectivity index (χ4n) is 3.18. The molecular weight excluding hydrogens is 218 g/mol. The lowest BCUT2D eigenvalue weighted by atomic mass is 9.84. The molecule has 0 aromatic heterocycles. The number of nitrogens with one attached hydrogen (secondary N) is 1. The highest BCUT2D eigenvalue weighted by Gasteiger charge is 2.30. The first-order valence-electron chi connectivity index (χ1n) is 6.81. The first kappa shape index (κ1) is 11.6. The van der Waals surface area contributed by atoms with Crippen molar-refractivity contribution in [2.24, 2.45) is 0 Å². The number of hydrogen-bond donors (Lipinski definition) is 1. The summed E-state index contributed by atoms with van der Waals surface area (Å²) in [4.78, 5) is 0. The van der Waals surface area contributed by atoms with Crippen molar-refractivity contribution in [1.82, 2.24) is 5.32 Å². The Morgan fingerprint density at radius 3 is 2.78 bits per heavy atom. The van der Waals surface area contributed by atoms with Crippen LogP contribution in [0.5, 0.6) is 0 Å². The number of dihydropyridines is 1. The number of hydrogen-bond acceptors (Lipinski definition) is 1. The van der Waals surface area contributed by atoms with Crippen LogP contribution in [0.2, 0.25) is 0 Å². The molecule has 1 nitrogen and oxygen atoms in total. The van der Waals surface area contributed by atoms with E-state index in [1.165, 1.54) is 24.0 Å². The highest BCUT2D eigenvalue weighted by molar-refractivity contribution is 5.47. The van der Waals surface area contributed by atoms with Crippen molar-refractivity contribution in [3.8, 4) is 0 Å². The maximum atomic E-state index is 3.43. The van der Waals surface area contributed by atoms with Gasteiger partial charge in [-0.3, -0.25) is 0 Å². The maximum absolute atomic E-state index is 3.43. The third kappa shape index (κ3) is 1.78. The molecule has 0 saturated carbocycles. The number of benzene rings is 1. The summed E-state index contributed by atoms with van der Waals surface area (Å²) in [7, 11) is 0. The molecule has 0 amide bonds. The molecule has 0 radical (unpaired) electrons. The van der Waals surface area contributed by atoms with E-state index >= 15 is 0 Å². The zero-order valence-corrected chi connectivity index (χ0v) is 11.5. The summed E-state index contributed by atoms with van der Waals surface area (Å²) in [6.07, 6.45) is 10.9. The minimum atomic E-state index is 0.330. The van der Waals surface area contributed by atoms with E-state index in [2.05, 4.69) is 50.4 Å². The highest BCUT2D eigenvalue weighted by atomic mass is 14.9. The van der Waals surface area contributed by atoms with Crippen molar-refractivity contribution in [3.05, 3.63) is 58.8 Å². The van der Waals surface area contributed by atoms with Crippen molar-refractivity contribution in [2.45, 2.75) is 45.1 Å². The Hall–Kier alpha value is -1.50. The van der Waals surface area contributed by atoms with Crippen LogP contribution in [0.1, 0.15) is 48.6 Å². The number of rotatable bonds is 1. The quantitative estimate of drug-likeness (QED) is 0.783. The second-order valence-corrected chi connectivity index (χ2v) is 6.14. The molecule has 1 aromatic rings. The van der Waals surface area contributed by atoms with E-state index in [1.54, 1.807) is 11.1 Å². The maximum Gasteiger partial charge on any atom is 0.0698 e. The highest BCUT2D eigenvalue weighted by Crippen LogP contribution is 2.40. The van der Waals surface area contributed by atoms with Gasteiger partial charge in [0, 0.05) is 0 Å². The Labute approximate surface area is 110 Å². The summed E-state index contributed by atoms with van der Waals surface area (Å²) < 4.78 is 0. The average Bonchev–Trinajstić information content (AvgIpc) is 2.65. The predicted molar refractivity (Wildman–Crippen MR) is 76.7 cm³/mol. The third-order valence-corrected chi connectivity index (χ3v) is 4.36. The van der Waals surface area contributed by atoms with E-state index in [-0.39, 0.29) is 0 Å². The molecular formula is C17H21N. The van der Waals surface area contributed by atoms with Crippen molar-refractivity contribution in [3.63, 3.8) is 0 Å². The lowest BCUT2D eigenvalue weighted by Gasteiger charge is -2.24. The zero-order chi connectivity index (χ0) is 12.8. The van der Waals surface area contributed by atoms with Crippen molar-refractivity contribution in [2.75, 3.05) is 0 Å². The second-order valence-electron chi connectivity index (χ2n) is 6.14. The van der Waals surface area contributed by atoms with E-state index in [1.807, 2.05) is 12.3 Å². The van der Waals surface area contributed by atoms with E-state index < -0.39 is 0 Å². The Morgan fingerprint density at radius 1 is 1.22 bits per heavy atom. The molecule has 1 aliphatic carbocycles. The smallest absolute Gasteiger partial charge is 0.0698 e. The van der Waals surface area contributed by atoms with Crippen LogP contribution in [-0.4, -0.2) is 0 Å². The lowest BCUT2D eigenvalue weighted by Crippen LogP contribution is -2.18. The van der Waals surface area contributed by atoms with Gasteiger partial charge in [0.05, 0.1) is 6.04 Å². The van der Waals surface area contributed by atoms with Crippen LogP contribution in [0, 0.1) is 6.92 Å². The summed E-state index contributed by atoms with van der Waals surface area (Å²) in [5.74, 6) is 0. The average molecular weight is 239 g/mol. The third-order valence-electron chi connectivity index (χ3n) is 4.36. The molecule has 0 bridgehead atoms. The van der Waals surface area contributed by atoms with E-state index in [9.17, 15) is 0 Å². The van der Waals surface area contributed by atoms with Gasteiger partial charge in [0.1, 0.15) is 0 Å².